The smallest absolute Gasteiger partial charge is 0.244 e. The normalized spacial score (nSPS) is 11.1. The van der Waals surface area contributed by atoms with Crippen LogP contribution in [-0.2, 0) is 4.79 Å². The van der Waals surface area contributed by atoms with E-state index in [0.717, 1.165) is 21.9 Å². The number of carbonyl (C=O) groups excluding carboxylic acids is 1. The molecule has 0 radical (unpaired) electrons. The van der Waals surface area contributed by atoms with Gasteiger partial charge in [0.05, 0.1) is 28.7 Å². The van der Waals surface area contributed by atoms with Gasteiger partial charge in [-0.2, -0.15) is 8.75 Å². The van der Waals surface area contributed by atoms with Crippen molar-refractivity contribution >= 4 is 61.0 Å². The minimum Gasteiger partial charge on any atom is -0.342 e. The van der Waals surface area contributed by atoms with Crippen molar-refractivity contribution in [2.75, 3.05) is 23.8 Å². The van der Waals surface area contributed by atoms with Crippen molar-refractivity contribution < 1.29 is 9.18 Å². The first-order valence-electron chi connectivity index (χ1n) is 7.39. The zero-order chi connectivity index (χ0) is 17.4. The second kappa shape index (κ2) is 6.34. The fraction of sp³-hybridized carbons (Fsp3) is 0.125. The standard InChI is InChI=1S/C16H12FN5OS2/c1-22(16-19-14-9(17)4-2-7-12(14)24-16)8-13(23)18-10-5-3-6-11-15(10)21-25-20-11/h2-7H,8H2,1H3,(H,18,23). The van der Waals surface area contributed by atoms with Gasteiger partial charge in [-0.15, -0.1) is 0 Å². The summed E-state index contributed by atoms with van der Waals surface area (Å²) in [5, 5.41) is 3.43. The molecule has 0 aliphatic rings. The van der Waals surface area contributed by atoms with E-state index in [4.69, 9.17) is 0 Å². The maximum absolute atomic E-state index is 13.8. The summed E-state index contributed by atoms with van der Waals surface area (Å²) in [5.74, 6) is -0.566. The Morgan fingerprint density at radius 3 is 2.88 bits per heavy atom. The zero-order valence-corrected chi connectivity index (χ0v) is 14.7. The molecule has 0 bridgehead atoms. The number of fused-ring (bicyclic) bond motifs is 2. The van der Waals surface area contributed by atoms with Crippen molar-refractivity contribution in [3.05, 3.63) is 42.2 Å². The Morgan fingerprint density at radius 1 is 1.20 bits per heavy atom. The van der Waals surface area contributed by atoms with Crippen LogP contribution < -0.4 is 10.2 Å². The number of carbonyl (C=O) groups is 1. The van der Waals surface area contributed by atoms with Gasteiger partial charge in [0.15, 0.2) is 5.13 Å². The lowest BCUT2D eigenvalue weighted by atomic mass is 10.2. The molecule has 4 aromatic rings. The number of likely N-dealkylation sites (N-methyl/N-ethyl adjacent to an activating group) is 1. The number of nitrogens with zero attached hydrogens (tertiary/aromatic N) is 4. The third kappa shape index (κ3) is 3.03. The molecule has 25 heavy (non-hydrogen) atoms. The van der Waals surface area contributed by atoms with E-state index in [1.54, 1.807) is 24.1 Å². The van der Waals surface area contributed by atoms with Crippen molar-refractivity contribution in [3.63, 3.8) is 0 Å². The first-order valence-corrected chi connectivity index (χ1v) is 8.94. The minimum atomic E-state index is -0.361. The molecule has 4 rings (SSSR count). The van der Waals surface area contributed by atoms with Crippen LogP contribution >= 0.6 is 23.1 Å². The van der Waals surface area contributed by atoms with Crippen LogP contribution in [0.5, 0.6) is 0 Å². The molecule has 0 aliphatic heterocycles. The van der Waals surface area contributed by atoms with Gasteiger partial charge in [0.2, 0.25) is 5.91 Å². The number of hydrogen-bond acceptors (Lipinski definition) is 7. The highest BCUT2D eigenvalue weighted by atomic mass is 32.1. The average molecular weight is 373 g/mol. The van der Waals surface area contributed by atoms with Gasteiger partial charge in [0.25, 0.3) is 0 Å². The molecule has 0 aliphatic carbocycles. The Bertz CT molecular complexity index is 1080. The second-order valence-corrected chi connectivity index (χ2v) is 6.96. The number of hydrogen-bond donors (Lipinski definition) is 1. The van der Waals surface area contributed by atoms with E-state index in [1.165, 1.54) is 17.4 Å². The number of amides is 1. The topological polar surface area (TPSA) is 71.0 Å². The van der Waals surface area contributed by atoms with E-state index in [2.05, 4.69) is 19.0 Å². The van der Waals surface area contributed by atoms with E-state index >= 15 is 0 Å². The van der Waals surface area contributed by atoms with Gasteiger partial charge in [-0.3, -0.25) is 4.79 Å². The van der Waals surface area contributed by atoms with Crippen molar-refractivity contribution in [1.82, 2.24) is 13.7 Å². The molecular formula is C16H12FN5OS2. The van der Waals surface area contributed by atoms with Crippen molar-refractivity contribution in [1.29, 1.82) is 0 Å². The average Bonchev–Trinajstić information content (AvgIpc) is 3.22. The summed E-state index contributed by atoms with van der Waals surface area (Å²) < 4.78 is 22.9. The molecule has 2 aromatic carbocycles. The largest absolute Gasteiger partial charge is 0.342 e. The third-order valence-electron chi connectivity index (χ3n) is 3.63. The first kappa shape index (κ1) is 15.9. The van der Waals surface area contributed by atoms with Gasteiger partial charge in [-0.25, -0.2) is 9.37 Å². The summed E-state index contributed by atoms with van der Waals surface area (Å²) in [6.45, 7) is 0.0927. The molecule has 0 saturated carbocycles. The lowest BCUT2D eigenvalue weighted by molar-refractivity contribution is -0.114. The Morgan fingerprint density at radius 2 is 2.04 bits per heavy atom. The second-order valence-electron chi connectivity index (χ2n) is 5.42. The first-order chi connectivity index (χ1) is 12.1. The van der Waals surface area contributed by atoms with Crippen molar-refractivity contribution in [2.45, 2.75) is 0 Å². The molecule has 0 spiro atoms. The fourth-order valence-corrected chi connectivity index (χ4v) is 3.94. The fourth-order valence-electron chi connectivity index (χ4n) is 2.45. The van der Waals surface area contributed by atoms with Crippen LogP contribution in [0.15, 0.2) is 36.4 Å². The van der Waals surface area contributed by atoms with Crippen molar-refractivity contribution in [3.8, 4) is 0 Å². The van der Waals surface area contributed by atoms with Gasteiger partial charge in [-0.1, -0.05) is 23.5 Å². The maximum atomic E-state index is 13.8. The quantitative estimate of drug-likeness (QED) is 0.593. The summed E-state index contributed by atoms with van der Waals surface area (Å²) >= 11 is 2.45. The SMILES string of the molecule is CN(CC(=O)Nc1cccc2nsnc12)c1nc2c(F)cccc2s1. The Labute approximate surface area is 150 Å². The van der Waals surface area contributed by atoms with Gasteiger partial charge in [0.1, 0.15) is 22.4 Å². The molecule has 0 atom stereocenters. The van der Waals surface area contributed by atoms with E-state index in [-0.39, 0.29) is 18.3 Å². The van der Waals surface area contributed by atoms with E-state index in [0.29, 0.717) is 21.9 Å². The molecule has 0 saturated heterocycles. The number of nitrogens with one attached hydrogen (secondary N) is 1. The van der Waals surface area contributed by atoms with Crippen LogP contribution in [0.2, 0.25) is 0 Å². The molecule has 2 heterocycles. The predicted octanol–water partition coefficient (Wildman–Crippen LogP) is 3.52. The maximum Gasteiger partial charge on any atom is 0.244 e. The molecule has 9 heteroatoms. The summed E-state index contributed by atoms with van der Waals surface area (Å²) in [5.41, 5.74) is 2.37. The number of rotatable bonds is 4. The number of aromatic nitrogens is 3. The number of para-hydroxylation sites is 1. The molecule has 0 fully saturated rings. The van der Waals surface area contributed by atoms with Crippen molar-refractivity contribution in [2.24, 2.45) is 0 Å². The van der Waals surface area contributed by atoms with Crippen LogP contribution in [0, 0.1) is 5.82 Å². The molecule has 1 N–H and O–H groups in total. The highest BCUT2D eigenvalue weighted by Crippen LogP contribution is 2.29. The number of benzene rings is 2. The highest BCUT2D eigenvalue weighted by molar-refractivity contribution is 7.22. The van der Waals surface area contributed by atoms with Gasteiger partial charge < -0.3 is 10.2 Å². The molecule has 1 amide bonds. The molecule has 126 valence electrons. The van der Waals surface area contributed by atoms with Crippen LogP contribution in [-0.4, -0.2) is 33.2 Å². The van der Waals surface area contributed by atoms with Crippen LogP contribution in [0.3, 0.4) is 0 Å². The van der Waals surface area contributed by atoms with Crippen LogP contribution in [0.4, 0.5) is 15.2 Å². The highest BCUT2D eigenvalue weighted by Gasteiger charge is 2.15. The zero-order valence-electron chi connectivity index (χ0n) is 13.1. The summed E-state index contributed by atoms with van der Waals surface area (Å²) in [6, 6.07) is 10.3. The number of halogens is 1. The summed E-state index contributed by atoms with van der Waals surface area (Å²) in [6.07, 6.45) is 0. The molecule has 6 nitrogen and oxygen atoms in total. The van der Waals surface area contributed by atoms with Gasteiger partial charge in [0, 0.05) is 7.05 Å². The molecule has 0 unspecified atom stereocenters. The lowest BCUT2D eigenvalue weighted by Crippen LogP contribution is -2.30. The van der Waals surface area contributed by atoms with E-state index in [9.17, 15) is 9.18 Å². The Balaban J connectivity index is 1.51. The van der Waals surface area contributed by atoms with E-state index in [1.807, 2.05) is 18.2 Å². The van der Waals surface area contributed by atoms with Crippen LogP contribution in [0.1, 0.15) is 0 Å². The number of anilines is 2. The lowest BCUT2D eigenvalue weighted by Gasteiger charge is -2.15. The Hall–Kier alpha value is -2.65. The Kier molecular flexibility index (Phi) is 4.02. The molecular weight excluding hydrogens is 361 g/mol. The third-order valence-corrected chi connectivity index (χ3v) is 5.30. The van der Waals surface area contributed by atoms with Gasteiger partial charge >= 0.3 is 0 Å². The van der Waals surface area contributed by atoms with E-state index < -0.39 is 0 Å². The van der Waals surface area contributed by atoms with Crippen LogP contribution in [0.25, 0.3) is 21.3 Å². The summed E-state index contributed by atoms with van der Waals surface area (Å²) in [4.78, 5) is 18.3. The monoisotopic (exact) mass is 373 g/mol. The van der Waals surface area contributed by atoms with Gasteiger partial charge in [-0.05, 0) is 24.3 Å². The summed E-state index contributed by atoms with van der Waals surface area (Å²) in [7, 11) is 1.75. The number of thiazole rings is 1. The minimum absolute atomic E-state index is 0.0927. The molecule has 2 aromatic heterocycles. The predicted molar refractivity (Wildman–Crippen MR) is 98.9 cm³/mol.